The summed E-state index contributed by atoms with van der Waals surface area (Å²) in [7, 11) is 0. The summed E-state index contributed by atoms with van der Waals surface area (Å²) >= 11 is 14.1. The summed E-state index contributed by atoms with van der Waals surface area (Å²) in [6.45, 7) is 3.76. The maximum absolute atomic E-state index is 12.3. The van der Waals surface area contributed by atoms with Gasteiger partial charge in [0.25, 0.3) is 0 Å². The van der Waals surface area contributed by atoms with Gasteiger partial charge < -0.3 is 0 Å². The predicted octanol–water partition coefficient (Wildman–Crippen LogP) is 4.18. The molecule has 1 aromatic heterocycles. The average Bonchev–Trinajstić information content (AvgIpc) is 2.79. The molecule has 2 aromatic rings. The maximum atomic E-state index is 12.3. The molecule has 1 aromatic carbocycles. The van der Waals surface area contributed by atoms with Crippen LogP contribution in [0.15, 0.2) is 24.3 Å². The van der Waals surface area contributed by atoms with Crippen LogP contribution in [0.5, 0.6) is 0 Å². The average molecular weight is 354 g/mol. The zero-order chi connectivity index (χ0) is 15.9. The molecule has 1 fully saturated rings. The number of rotatable bonds is 2. The Kier molecular flexibility index (Phi) is 4.30. The van der Waals surface area contributed by atoms with Crippen molar-refractivity contribution < 1.29 is 4.79 Å². The first-order chi connectivity index (χ1) is 10.5. The minimum atomic E-state index is -0.310. The number of carbonyl (C=O) groups is 1. The molecular weight excluding hydrogens is 341 g/mol. The van der Waals surface area contributed by atoms with E-state index in [0.717, 1.165) is 17.0 Å². The molecule has 22 heavy (non-hydrogen) atoms. The summed E-state index contributed by atoms with van der Waals surface area (Å²) in [4.78, 5) is 22.7. The Labute approximate surface area is 142 Å². The lowest BCUT2D eigenvalue weighted by Crippen LogP contribution is -2.30. The van der Waals surface area contributed by atoms with E-state index in [4.69, 9.17) is 23.2 Å². The van der Waals surface area contributed by atoms with Crippen LogP contribution in [-0.4, -0.2) is 21.6 Å². The second-order valence-corrected chi connectivity index (χ2v) is 6.90. The van der Waals surface area contributed by atoms with E-state index in [2.05, 4.69) is 9.97 Å². The molecule has 114 valence electrons. The zero-order valence-corrected chi connectivity index (χ0v) is 14.3. The number of aromatic nitrogens is 2. The standard InChI is InChI=1S/C15H13Cl2N3OS/c1-8-6-9(2)19-15(18-8)20-12(21)7-22-14(20)13-10(16)4-3-5-11(13)17/h3-6,14H,7H2,1-2H3. The van der Waals surface area contributed by atoms with Gasteiger partial charge in [0.05, 0.1) is 5.75 Å². The van der Waals surface area contributed by atoms with Crippen molar-refractivity contribution in [3.63, 3.8) is 0 Å². The lowest BCUT2D eigenvalue weighted by atomic mass is 10.2. The van der Waals surface area contributed by atoms with E-state index in [1.807, 2.05) is 19.9 Å². The number of hydrogen-bond acceptors (Lipinski definition) is 4. The highest BCUT2D eigenvalue weighted by molar-refractivity contribution is 8.00. The number of aryl methyl sites for hydroxylation is 2. The Hall–Kier alpha value is -1.30. The van der Waals surface area contributed by atoms with Gasteiger partial charge in [-0.25, -0.2) is 9.97 Å². The summed E-state index contributed by atoms with van der Waals surface area (Å²) in [5.41, 5.74) is 2.36. The highest BCUT2D eigenvalue weighted by Gasteiger charge is 2.38. The molecular formula is C15H13Cl2N3OS. The fraction of sp³-hybridized carbons (Fsp3) is 0.267. The molecule has 1 aliphatic rings. The molecule has 0 saturated carbocycles. The maximum Gasteiger partial charge on any atom is 0.240 e. The first-order valence-electron chi connectivity index (χ1n) is 6.67. The Morgan fingerprint density at radius 2 is 1.77 bits per heavy atom. The van der Waals surface area contributed by atoms with Gasteiger partial charge in [0.1, 0.15) is 5.37 Å². The van der Waals surface area contributed by atoms with Crippen molar-refractivity contribution in [2.75, 3.05) is 10.7 Å². The highest BCUT2D eigenvalue weighted by Crippen LogP contribution is 2.45. The summed E-state index contributed by atoms with van der Waals surface area (Å²) in [5.74, 6) is 0.701. The first kappa shape index (κ1) is 15.6. The molecule has 1 aliphatic heterocycles. The Morgan fingerprint density at radius 1 is 1.18 bits per heavy atom. The van der Waals surface area contributed by atoms with Crippen LogP contribution < -0.4 is 4.90 Å². The molecule has 0 spiro atoms. The van der Waals surface area contributed by atoms with Crippen molar-refractivity contribution in [2.24, 2.45) is 0 Å². The number of nitrogens with zero attached hydrogens (tertiary/aromatic N) is 3. The molecule has 1 amide bonds. The molecule has 3 rings (SSSR count). The van der Waals surface area contributed by atoms with E-state index >= 15 is 0 Å². The quantitative estimate of drug-likeness (QED) is 0.812. The normalized spacial score (nSPS) is 18.1. The summed E-state index contributed by atoms with van der Waals surface area (Å²) in [6, 6.07) is 7.20. The first-order valence-corrected chi connectivity index (χ1v) is 8.47. The summed E-state index contributed by atoms with van der Waals surface area (Å²) in [6.07, 6.45) is 0. The number of hydrogen-bond donors (Lipinski definition) is 0. The number of anilines is 1. The third kappa shape index (κ3) is 2.81. The molecule has 1 saturated heterocycles. The second kappa shape index (κ2) is 6.07. The van der Waals surface area contributed by atoms with Crippen molar-refractivity contribution in [1.29, 1.82) is 0 Å². The number of benzene rings is 1. The van der Waals surface area contributed by atoms with Gasteiger partial charge in [0, 0.05) is 27.0 Å². The lowest BCUT2D eigenvalue weighted by molar-refractivity contribution is -0.115. The second-order valence-electron chi connectivity index (χ2n) is 5.01. The van der Waals surface area contributed by atoms with Gasteiger partial charge in [-0.3, -0.25) is 9.69 Å². The molecule has 0 bridgehead atoms. The van der Waals surface area contributed by atoms with Crippen molar-refractivity contribution >= 4 is 46.8 Å². The summed E-state index contributed by atoms with van der Waals surface area (Å²) < 4.78 is 0. The van der Waals surface area contributed by atoms with Gasteiger partial charge >= 0.3 is 0 Å². The van der Waals surface area contributed by atoms with Crippen molar-refractivity contribution in [3.05, 3.63) is 51.3 Å². The van der Waals surface area contributed by atoms with Crippen molar-refractivity contribution in [2.45, 2.75) is 19.2 Å². The molecule has 7 heteroatoms. The van der Waals surface area contributed by atoms with E-state index in [1.165, 1.54) is 11.8 Å². The van der Waals surface area contributed by atoms with Crippen LogP contribution in [0.3, 0.4) is 0 Å². The SMILES string of the molecule is Cc1cc(C)nc(N2C(=O)CSC2c2c(Cl)cccc2Cl)n1. The number of amides is 1. The fourth-order valence-electron chi connectivity index (χ4n) is 2.42. The molecule has 0 radical (unpaired) electrons. The molecule has 1 unspecified atom stereocenters. The largest absolute Gasteiger partial charge is 0.273 e. The molecule has 2 heterocycles. The van der Waals surface area contributed by atoms with Crippen LogP contribution in [0.25, 0.3) is 0 Å². The third-order valence-electron chi connectivity index (χ3n) is 3.30. The predicted molar refractivity (Wildman–Crippen MR) is 90.7 cm³/mol. The smallest absolute Gasteiger partial charge is 0.240 e. The Bertz CT molecular complexity index is 713. The van der Waals surface area contributed by atoms with Gasteiger partial charge in [-0.1, -0.05) is 29.3 Å². The monoisotopic (exact) mass is 353 g/mol. The summed E-state index contributed by atoms with van der Waals surface area (Å²) in [5, 5.41) is 0.762. The molecule has 0 aliphatic carbocycles. The number of thioether (sulfide) groups is 1. The zero-order valence-electron chi connectivity index (χ0n) is 12.0. The van der Waals surface area contributed by atoms with Gasteiger partial charge in [-0.15, -0.1) is 11.8 Å². The lowest BCUT2D eigenvalue weighted by Gasteiger charge is -2.24. The van der Waals surface area contributed by atoms with Crippen LogP contribution in [0, 0.1) is 13.8 Å². The van der Waals surface area contributed by atoms with Crippen LogP contribution in [-0.2, 0) is 4.79 Å². The van der Waals surface area contributed by atoms with E-state index < -0.39 is 0 Å². The van der Waals surface area contributed by atoms with Crippen LogP contribution in [0.2, 0.25) is 10.0 Å². The van der Waals surface area contributed by atoms with Crippen molar-refractivity contribution in [1.82, 2.24) is 9.97 Å². The molecule has 4 nitrogen and oxygen atoms in total. The van der Waals surface area contributed by atoms with Crippen molar-refractivity contribution in [3.8, 4) is 0 Å². The minimum Gasteiger partial charge on any atom is -0.273 e. The van der Waals surface area contributed by atoms with E-state index in [9.17, 15) is 4.79 Å². The third-order valence-corrected chi connectivity index (χ3v) is 5.14. The van der Waals surface area contributed by atoms with Gasteiger partial charge in [0.15, 0.2) is 0 Å². The number of carbonyl (C=O) groups excluding carboxylic acids is 1. The van der Waals surface area contributed by atoms with Crippen LogP contribution >= 0.6 is 35.0 Å². The molecule has 1 atom stereocenters. The van der Waals surface area contributed by atoms with E-state index in [0.29, 0.717) is 21.7 Å². The van der Waals surface area contributed by atoms with Crippen LogP contribution in [0.4, 0.5) is 5.95 Å². The Balaban J connectivity index is 2.10. The topological polar surface area (TPSA) is 46.1 Å². The minimum absolute atomic E-state index is 0.0454. The van der Waals surface area contributed by atoms with E-state index in [-0.39, 0.29) is 11.3 Å². The van der Waals surface area contributed by atoms with Gasteiger partial charge in [-0.2, -0.15) is 0 Å². The number of halogens is 2. The fourth-order valence-corrected chi connectivity index (χ4v) is 4.37. The van der Waals surface area contributed by atoms with Gasteiger partial charge in [0.2, 0.25) is 11.9 Å². The molecule has 0 N–H and O–H groups in total. The van der Waals surface area contributed by atoms with E-state index in [1.54, 1.807) is 23.1 Å². The van der Waals surface area contributed by atoms with Crippen LogP contribution in [0.1, 0.15) is 22.3 Å². The highest BCUT2D eigenvalue weighted by atomic mass is 35.5. The Morgan fingerprint density at radius 3 is 2.36 bits per heavy atom. The van der Waals surface area contributed by atoms with Gasteiger partial charge in [-0.05, 0) is 32.0 Å².